The van der Waals surface area contributed by atoms with Crippen molar-refractivity contribution >= 4 is 38.1 Å². The molecule has 2 aromatic carbocycles. The van der Waals surface area contributed by atoms with Crippen molar-refractivity contribution < 1.29 is 4.39 Å². The molecule has 0 radical (unpaired) electrons. The topological polar surface area (TPSA) is 28.2 Å². The zero-order valence-electron chi connectivity index (χ0n) is 11.2. The molecule has 1 aromatic heterocycles. The highest BCUT2D eigenvalue weighted by Crippen LogP contribution is 2.29. The molecule has 0 bridgehead atoms. The Kier molecular flexibility index (Phi) is 3.28. The fraction of sp³-hybridized carbons (Fsp3) is 0.133. The average molecular weight is 287 g/mol. The predicted molar refractivity (Wildman–Crippen MR) is 83.6 cm³/mol. The van der Waals surface area contributed by atoms with Gasteiger partial charge in [-0.1, -0.05) is 11.3 Å². The molecule has 20 heavy (non-hydrogen) atoms. The molecule has 0 unspecified atom stereocenters. The maximum atomic E-state index is 13.1. The van der Waals surface area contributed by atoms with Crippen LogP contribution in [0.25, 0.3) is 10.2 Å². The van der Waals surface area contributed by atoms with Crippen molar-refractivity contribution in [1.29, 1.82) is 0 Å². The maximum absolute atomic E-state index is 13.1. The van der Waals surface area contributed by atoms with Crippen LogP contribution in [-0.4, -0.2) is 19.1 Å². The Morgan fingerprint density at radius 2 is 1.85 bits per heavy atom. The van der Waals surface area contributed by atoms with Crippen LogP contribution in [-0.2, 0) is 0 Å². The van der Waals surface area contributed by atoms with E-state index in [1.807, 2.05) is 43.3 Å². The van der Waals surface area contributed by atoms with Gasteiger partial charge in [0.2, 0.25) is 0 Å². The summed E-state index contributed by atoms with van der Waals surface area (Å²) >= 11 is 1.51. The summed E-state index contributed by atoms with van der Waals surface area (Å²) < 4.78 is 14.1. The number of halogens is 1. The average Bonchev–Trinajstić information content (AvgIpc) is 2.80. The van der Waals surface area contributed by atoms with Gasteiger partial charge in [-0.25, -0.2) is 9.37 Å². The van der Waals surface area contributed by atoms with Crippen LogP contribution in [0.1, 0.15) is 0 Å². The lowest BCUT2D eigenvalue weighted by Gasteiger charge is -2.12. The van der Waals surface area contributed by atoms with E-state index in [0.29, 0.717) is 5.52 Å². The van der Waals surface area contributed by atoms with E-state index in [9.17, 15) is 4.39 Å². The monoisotopic (exact) mass is 287 g/mol. The first-order valence-corrected chi connectivity index (χ1v) is 7.04. The normalized spacial score (nSPS) is 10.8. The number of nitrogens with zero attached hydrogens (tertiary/aromatic N) is 2. The van der Waals surface area contributed by atoms with Gasteiger partial charge in [0.15, 0.2) is 5.13 Å². The van der Waals surface area contributed by atoms with E-state index in [1.54, 1.807) is 6.07 Å². The van der Waals surface area contributed by atoms with Crippen molar-refractivity contribution in [2.75, 3.05) is 24.3 Å². The summed E-state index contributed by atoms with van der Waals surface area (Å²) in [6.07, 6.45) is 0. The minimum absolute atomic E-state index is 0.260. The summed E-state index contributed by atoms with van der Waals surface area (Å²) in [6.45, 7) is 0. The van der Waals surface area contributed by atoms with E-state index in [-0.39, 0.29) is 5.82 Å². The fourth-order valence-corrected chi connectivity index (χ4v) is 2.79. The summed E-state index contributed by atoms with van der Waals surface area (Å²) in [6, 6.07) is 12.7. The minimum atomic E-state index is -0.260. The lowest BCUT2D eigenvalue weighted by Crippen LogP contribution is -2.08. The summed E-state index contributed by atoms with van der Waals surface area (Å²) in [7, 11) is 4.01. The standard InChI is InChI=1S/C15H14FN3S/c1-19(2)12-6-4-11(5-7-12)17-15-18-13-9-10(16)3-8-14(13)20-15/h3-9H,1-2H3,(H,17,18). The summed E-state index contributed by atoms with van der Waals surface area (Å²) in [5.41, 5.74) is 2.79. The number of anilines is 3. The van der Waals surface area contributed by atoms with E-state index in [4.69, 9.17) is 0 Å². The molecule has 3 nitrogen and oxygen atoms in total. The highest BCUT2D eigenvalue weighted by atomic mass is 32.1. The molecule has 0 spiro atoms. The molecule has 0 aliphatic carbocycles. The van der Waals surface area contributed by atoms with Crippen molar-refractivity contribution in [3.05, 3.63) is 48.3 Å². The number of thiazole rings is 1. The van der Waals surface area contributed by atoms with Crippen LogP contribution in [0, 0.1) is 5.82 Å². The van der Waals surface area contributed by atoms with Gasteiger partial charge in [0.25, 0.3) is 0 Å². The summed E-state index contributed by atoms with van der Waals surface area (Å²) in [5.74, 6) is -0.260. The Labute approximate surface area is 120 Å². The van der Waals surface area contributed by atoms with Gasteiger partial charge >= 0.3 is 0 Å². The van der Waals surface area contributed by atoms with Gasteiger partial charge in [-0.15, -0.1) is 0 Å². The number of benzene rings is 2. The summed E-state index contributed by atoms with van der Waals surface area (Å²) in [5, 5.41) is 4.01. The second kappa shape index (κ2) is 5.09. The molecule has 1 heterocycles. The fourth-order valence-electron chi connectivity index (χ4n) is 1.92. The third-order valence-corrected chi connectivity index (χ3v) is 3.94. The number of hydrogen-bond donors (Lipinski definition) is 1. The Hall–Kier alpha value is -2.14. The van der Waals surface area contributed by atoms with Crippen molar-refractivity contribution in [2.45, 2.75) is 0 Å². The van der Waals surface area contributed by atoms with Crippen LogP contribution in [0.5, 0.6) is 0 Å². The zero-order chi connectivity index (χ0) is 14.1. The number of fused-ring (bicyclic) bond motifs is 1. The van der Waals surface area contributed by atoms with Crippen LogP contribution in [0.4, 0.5) is 20.9 Å². The minimum Gasteiger partial charge on any atom is -0.378 e. The van der Waals surface area contributed by atoms with Gasteiger partial charge in [-0.2, -0.15) is 0 Å². The SMILES string of the molecule is CN(C)c1ccc(Nc2nc3cc(F)ccc3s2)cc1. The number of rotatable bonds is 3. The zero-order valence-corrected chi connectivity index (χ0v) is 12.0. The predicted octanol–water partition coefficient (Wildman–Crippen LogP) is 4.25. The van der Waals surface area contributed by atoms with Crippen LogP contribution >= 0.6 is 11.3 Å². The molecule has 5 heteroatoms. The second-order valence-corrected chi connectivity index (χ2v) is 5.73. The van der Waals surface area contributed by atoms with Crippen LogP contribution in [0.2, 0.25) is 0 Å². The molecular weight excluding hydrogens is 273 g/mol. The Morgan fingerprint density at radius 3 is 2.55 bits per heavy atom. The van der Waals surface area contributed by atoms with E-state index in [2.05, 4.69) is 10.3 Å². The Balaban J connectivity index is 1.85. The van der Waals surface area contributed by atoms with E-state index < -0.39 is 0 Å². The molecule has 3 rings (SSSR count). The van der Waals surface area contributed by atoms with Crippen LogP contribution in [0.15, 0.2) is 42.5 Å². The molecule has 0 atom stereocenters. The van der Waals surface area contributed by atoms with Gasteiger partial charge in [0.1, 0.15) is 5.82 Å². The molecule has 0 saturated heterocycles. The third-order valence-electron chi connectivity index (χ3n) is 2.98. The third kappa shape index (κ3) is 2.58. The smallest absolute Gasteiger partial charge is 0.188 e. The van der Waals surface area contributed by atoms with E-state index in [0.717, 1.165) is 21.2 Å². The van der Waals surface area contributed by atoms with Gasteiger partial charge in [-0.05, 0) is 36.4 Å². The lowest BCUT2D eigenvalue weighted by atomic mass is 10.2. The highest BCUT2D eigenvalue weighted by Gasteiger charge is 2.05. The molecule has 0 aliphatic rings. The maximum Gasteiger partial charge on any atom is 0.188 e. The Morgan fingerprint density at radius 1 is 1.10 bits per heavy atom. The molecule has 102 valence electrons. The van der Waals surface area contributed by atoms with Crippen molar-refractivity contribution in [3.8, 4) is 0 Å². The molecule has 3 aromatic rings. The molecule has 1 N–H and O–H groups in total. The molecule has 0 fully saturated rings. The first kappa shape index (κ1) is 12.9. The van der Waals surface area contributed by atoms with Crippen LogP contribution < -0.4 is 10.2 Å². The summed E-state index contributed by atoms with van der Waals surface area (Å²) in [4.78, 5) is 6.43. The van der Waals surface area contributed by atoms with Gasteiger partial charge in [-0.3, -0.25) is 0 Å². The molecular formula is C15H14FN3S. The molecule has 0 saturated carbocycles. The van der Waals surface area contributed by atoms with Crippen molar-refractivity contribution in [3.63, 3.8) is 0 Å². The van der Waals surface area contributed by atoms with E-state index >= 15 is 0 Å². The second-order valence-electron chi connectivity index (χ2n) is 4.70. The molecule has 0 amide bonds. The highest BCUT2D eigenvalue weighted by molar-refractivity contribution is 7.22. The van der Waals surface area contributed by atoms with Crippen molar-refractivity contribution in [2.24, 2.45) is 0 Å². The Bertz CT molecular complexity index is 734. The van der Waals surface area contributed by atoms with Crippen molar-refractivity contribution in [1.82, 2.24) is 4.98 Å². The lowest BCUT2D eigenvalue weighted by molar-refractivity contribution is 0.629. The van der Waals surface area contributed by atoms with Gasteiger partial charge in [0, 0.05) is 31.5 Å². The first-order valence-electron chi connectivity index (χ1n) is 6.22. The number of hydrogen-bond acceptors (Lipinski definition) is 4. The largest absolute Gasteiger partial charge is 0.378 e. The van der Waals surface area contributed by atoms with Gasteiger partial charge < -0.3 is 10.2 Å². The number of nitrogens with one attached hydrogen (secondary N) is 1. The van der Waals surface area contributed by atoms with Gasteiger partial charge in [0.05, 0.1) is 10.2 Å². The van der Waals surface area contributed by atoms with E-state index in [1.165, 1.54) is 23.5 Å². The molecule has 0 aliphatic heterocycles. The number of aromatic nitrogens is 1. The quantitative estimate of drug-likeness (QED) is 0.780. The first-order chi connectivity index (χ1) is 9.61. The van der Waals surface area contributed by atoms with Crippen LogP contribution in [0.3, 0.4) is 0 Å².